The number of carboxylic acid groups (broad SMARTS) is 1. The summed E-state index contributed by atoms with van der Waals surface area (Å²) in [4.78, 5) is 38.1. The van der Waals surface area contributed by atoms with Crippen LogP contribution in [0.25, 0.3) is 0 Å². The molecule has 0 bridgehead atoms. The molecule has 10 nitrogen and oxygen atoms in total. The minimum absolute atomic E-state index is 0.0224. The average molecular weight is 639 g/mol. The third kappa shape index (κ3) is 11.2. The molecule has 2 aromatic rings. The Morgan fingerprint density at radius 2 is 1.57 bits per heavy atom. The normalized spacial score (nSPS) is 22.0. The van der Waals surface area contributed by atoms with Crippen LogP contribution >= 0.6 is 0 Å². The molecule has 4 atom stereocenters. The molecule has 0 saturated carbocycles. The number of ether oxygens (including phenoxy) is 3. The highest BCUT2D eigenvalue weighted by Crippen LogP contribution is 2.39. The average Bonchev–Trinajstić information content (AvgIpc) is 3.49. The first-order chi connectivity index (χ1) is 22.0. The van der Waals surface area contributed by atoms with Crippen molar-refractivity contribution in [3.63, 3.8) is 0 Å². The molecule has 2 aromatic carbocycles. The van der Waals surface area contributed by atoms with E-state index < -0.39 is 17.9 Å². The summed E-state index contributed by atoms with van der Waals surface area (Å²) < 4.78 is 18.7. The van der Waals surface area contributed by atoms with Crippen LogP contribution in [0.5, 0.6) is 0 Å². The fraction of sp³-hybridized carbons (Fsp3) is 0.583. The van der Waals surface area contributed by atoms with E-state index in [1.165, 1.54) is 0 Å². The Morgan fingerprint density at radius 1 is 0.913 bits per heavy atom. The zero-order valence-corrected chi connectivity index (χ0v) is 27.4. The molecule has 2 aliphatic rings. The Morgan fingerprint density at radius 3 is 2.22 bits per heavy atom. The van der Waals surface area contributed by atoms with Crippen LogP contribution in [0.3, 0.4) is 0 Å². The van der Waals surface area contributed by atoms with E-state index in [0.29, 0.717) is 32.4 Å². The Bertz CT molecular complexity index is 1270. The zero-order valence-electron chi connectivity index (χ0n) is 27.4. The number of esters is 1. The SMILES string of the molecule is CC(C)(C)OC(=O)[C@@H]1CCCN1C[C@@H]1C[C@H](c2ccc(CO)cc2)O[C@H](c2ccc(CNC(=O)CCCCCCC(=O)O)cc2)O1. The second kappa shape index (κ2) is 17.0. The molecule has 2 aliphatic heterocycles. The van der Waals surface area contributed by atoms with E-state index in [0.717, 1.165) is 60.9 Å². The molecule has 2 saturated heterocycles. The second-order valence-electron chi connectivity index (χ2n) is 13.4. The number of likely N-dealkylation sites (tertiary alicyclic amines) is 1. The molecule has 0 unspecified atom stereocenters. The monoisotopic (exact) mass is 638 g/mol. The van der Waals surface area contributed by atoms with Gasteiger partial charge in [0.1, 0.15) is 11.6 Å². The van der Waals surface area contributed by atoms with E-state index in [-0.39, 0.29) is 43.2 Å². The van der Waals surface area contributed by atoms with Crippen molar-refractivity contribution in [3.8, 4) is 0 Å². The number of hydrogen-bond donors (Lipinski definition) is 3. The van der Waals surface area contributed by atoms with Crippen molar-refractivity contribution in [2.75, 3.05) is 13.1 Å². The van der Waals surface area contributed by atoms with E-state index in [2.05, 4.69) is 10.2 Å². The summed E-state index contributed by atoms with van der Waals surface area (Å²) >= 11 is 0. The number of rotatable bonds is 15. The van der Waals surface area contributed by atoms with Crippen molar-refractivity contribution < 1.29 is 38.8 Å². The first-order valence-electron chi connectivity index (χ1n) is 16.6. The van der Waals surface area contributed by atoms with Gasteiger partial charge in [0.25, 0.3) is 0 Å². The van der Waals surface area contributed by atoms with Gasteiger partial charge in [0, 0.05) is 37.9 Å². The minimum atomic E-state index is -0.783. The van der Waals surface area contributed by atoms with Gasteiger partial charge in [0.2, 0.25) is 5.91 Å². The summed E-state index contributed by atoms with van der Waals surface area (Å²) in [6.07, 6.45) is 4.88. The Kier molecular flexibility index (Phi) is 13.1. The van der Waals surface area contributed by atoms with Gasteiger partial charge in [-0.25, -0.2) is 0 Å². The summed E-state index contributed by atoms with van der Waals surface area (Å²) in [6.45, 7) is 7.43. The summed E-state index contributed by atoms with van der Waals surface area (Å²) in [6, 6.07) is 15.3. The number of aliphatic carboxylic acids is 1. The van der Waals surface area contributed by atoms with Crippen molar-refractivity contribution in [3.05, 3.63) is 70.8 Å². The van der Waals surface area contributed by atoms with Crippen molar-refractivity contribution in [2.24, 2.45) is 0 Å². The van der Waals surface area contributed by atoms with Crippen molar-refractivity contribution in [2.45, 2.75) is 122 Å². The fourth-order valence-electron chi connectivity index (χ4n) is 5.97. The fourth-order valence-corrected chi connectivity index (χ4v) is 5.97. The third-order valence-electron chi connectivity index (χ3n) is 8.38. The van der Waals surface area contributed by atoms with Crippen LogP contribution < -0.4 is 5.32 Å². The van der Waals surface area contributed by atoms with Crippen LogP contribution in [0.2, 0.25) is 0 Å². The number of aliphatic hydroxyl groups excluding tert-OH is 1. The Balaban J connectivity index is 1.37. The maximum Gasteiger partial charge on any atom is 0.323 e. The smallest absolute Gasteiger partial charge is 0.323 e. The number of carboxylic acids is 1. The molecular weight excluding hydrogens is 588 g/mol. The molecule has 3 N–H and O–H groups in total. The van der Waals surface area contributed by atoms with Gasteiger partial charge in [-0.3, -0.25) is 19.3 Å². The van der Waals surface area contributed by atoms with Gasteiger partial charge in [-0.2, -0.15) is 0 Å². The third-order valence-corrected chi connectivity index (χ3v) is 8.38. The summed E-state index contributed by atoms with van der Waals surface area (Å²) in [5.41, 5.74) is 3.11. The van der Waals surface area contributed by atoms with Crippen LogP contribution in [0.4, 0.5) is 0 Å². The Labute approximate surface area is 272 Å². The molecule has 4 rings (SSSR count). The lowest BCUT2D eigenvalue weighted by molar-refractivity contribution is -0.253. The van der Waals surface area contributed by atoms with Crippen molar-refractivity contribution in [1.82, 2.24) is 10.2 Å². The van der Waals surface area contributed by atoms with Gasteiger partial charge in [0.15, 0.2) is 6.29 Å². The predicted octanol–water partition coefficient (Wildman–Crippen LogP) is 5.57. The molecule has 2 heterocycles. The summed E-state index contributed by atoms with van der Waals surface area (Å²) in [7, 11) is 0. The van der Waals surface area contributed by atoms with Crippen LogP contribution in [0.1, 0.15) is 113 Å². The molecule has 2 fully saturated rings. The van der Waals surface area contributed by atoms with Crippen LogP contribution in [0, 0.1) is 0 Å². The van der Waals surface area contributed by atoms with Gasteiger partial charge in [-0.15, -0.1) is 0 Å². The maximum atomic E-state index is 13.0. The number of carbonyl (C=O) groups is 3. The van der Waals surface area contributed by atoms with Gasteiger partial charge >= 0.3 is 11.9 Å². The van der Waals surface area contributed by atoms with E-state index in [4.69, 9.17) is 19.3 Å². The number of benzene rings is 2. The van der Waals surface area contributed by atoms with Crippen molar-refractivity contribution in [1.29, 1.82) is 0 Å². The highest BCUT2D eigenvalue weighted by atomic mass is 16.7. The molecular formula is C36H50N2O8. The maximum absolute atomic E-state index is 13.0. The molecule has 0 radical (unpaired) electrons. The number of unbranched alkanes of at least 4 members (excludes halogenated alkanes) is 3. The molecule has 0 aromatic heterocycles. The lowest BCUT2D eigenvalue weighted by atomic mass is 9.99. The topological polar surface area (TPSA) is 135 Å². The lowest BCUT2D eigenvalue weighted by Crippen LogP contribution is -2.45. The lowest BCUT2D eigenvalue weighted by Gasteiger charge is -2.38. The molecule has 1 amide bonds. The van der Waals surface area contributed by atoms with Gasteiger partial charge in [0.05, 0.1) is 18.8 Å². The van der Waals surface area contributed by atoms with E-state index in [1.807, 2.05) is 69.3 Å². The predicted molar refractivity (Wildman–Crippen MR) is 172 cm³/mol. The van der Waals surface area contributed by atoms with E-state index in [1.54, 1.807) is 0 Å². The molecule has 0 spiro atoms. The number of nitrogens with zero attached hydrogens (tertiary/aromatic N) is 1. The van der Waals surface area contributed by atoms with Crippen molar-refractivity contribution >= 4 is 17.8 Å². The van der Waals surface area contributed by atoms with E-state index in [9.17, 15) is 19.5 Å². The van der Waals surface area contributed by atoms with Gasteiger partial charge in [-0.05, 0) is 69.7 Å². The molecule has 46 heavy (non-hydrogen) atoms. The molecule has 0 aliphatic carbocycles. The van der Waals surface area contributed by atoms with Crippen LogP contribution in [0.15, 0.2) is 48.5 Å². The quantitative estimate of drug-likeness (QED) is 0.169. The largest absolute Gasteiger partial charge is 0.481 e. The van der Waals surface area contributed by atoms with E-state index >= 15 is 0 Å². The first-order valence-corrected chi connectivity index (χ1v) is 16.6. The highest BCUT2D eigenvalue weighted by molar-refractivity contribution is 5.76. The zero-order chi connectivity index (χ0) is 33.1. The Hall–Kier alpha value is -3.31. The number of hydrogen-bond acceptors (Lipinski definition) is 8. The molecule has 10 heteroatoms. The number of carbonyl (C=O) groups excluding carboxylic acids is 2. The standard InChI is InChI=1S/C36H50N2O8/c1-36(2,3)46-34(43)30-9-8-20-38(30)23-29-21-31(27-16-14-26(24-39)15-17-27)45-35(44-29)28-18-12-25(13-19-28)22-37-32(40)10-6-4-5-7-11-33(41)42/h12-19,29-31,35,39H,4-11,20-24H2,1-3H3,(H,37,40)(H,41,42)/t29-,30-,31+,35+/m0/s1. The van der Waals surface area contributed by atoms with Crippen LogP contribution in [-0.4, -0.2) is 63.8 Å². The van der Waals surface area contributed by atoms with Gasteiger partial charge in [-0.1, -0.05) is 61.4 Å². The summed E-state index contributed by atoms with van der Waals surface area (Å²) in [5, 5.41) is 21.2. The number of aliphatic hydroxyl groups is 1. The molecule has 252 valence electrons. The first kappa shape index (κ1) is 35.5. The number of amides is 1. The highest BCUT2D eigenvalue weighted by Gasteiger charge is 2.38. The second-order valence-corrected chi connectivity index (χ2v) is 13.4. The minimum Gasteiger partial charge on any atom is -0.481 e. The summed E-state index contributed by atoms with van der Waals surface area (Å²) in [5.74, 6) is -0.997. The number of nitrogens with one attached hydrogen (secondary N) is 1. The van der Waals surface area contributed by atoms with Gasteiger partial charge < -0.3 is 29.7 Å². The van der Waals surface area contributed by atoms with Crippen LogP contribution in [-0.2, 0) is 41.7 Å².